The number of aromatic amines is 1. The van der Waals surface area contributed by atoms with Crippen LogP contribution in [0.25, 0.3) is 11.3 Å². The minimum absolute atomic E-state index is 0. The number of nitrogens with one attached hydrogen (secondary N) is 1. The lowest BCUT2D eigenvalue weighted by molar-refractivity contribution is 0.392. The number of hydrogen-bond donors (Lipinski definition) is 2. The van der Waals surface area contributed by atoms with Crippen molar-refractivity contribution in [1.82, 2.24) is 10.1 Å². The molecular weight excluding hydrogens is 230 g/mol. The number of pyridine rings is 1. The van der Waals surface area contributed by atoms with E-state index >= 15 is 0 Å². The van der Waals surface area contributed by atoms with Gasteiger partial charge >= 0.3 is 5.63 Å². The van der Waals surface area contributed by atoms with Crippen molar-refractivity contribution in [2.45, 2.75) is 6.42 Å². The quantitative estimate of drug-likeness (QED) is 0.838. The standard InChI is InChI=1S/C10H11N3O2.ClH/c11-4-3-8-9(13-15-10(8)14)7-2-1-5-12-6-7;/h1-2,5-6,13H,3-4,11H2;1H. The molecule has 0 radical (unpaired) electrons. The number of rotatable bonds is 3. The average Bonchev–Trinajstić information content (AvgIpc) is 2.63. The van der Waals surface area contributed by atoms with E-state index in [1.54, 1.807) is 18.5 Å². The first kappa shape index (κ1) is 12.5. The zero-order valence-electron chi connectivity index (χ0n) is 8.47. The lowest BCUT2D eigenvalue weighted by atomic mass is 10.1. The van der Waals surface area contributed by atoms with E-state index in [4.69, 9.17) is 10.3 Å². The maximum absolute atomic E-state index is 11.3. The van der Waals surface area contributed by atoms with Crippen LogP contribution in [-0.4, -0.2) is 16.7 Å². The van der Waals surface area contributed by atoms with Crippen molar-refractivity contribution in [3.8, 4) is 11.3 Å². The van der Waals surface area contributed by atoms with Crippen molar-refractivity contribution in [1.29, 1.82) is 0 Å². The molecule has 6 heteroatoms. The summed E-state index contributed by atoms with van der Waals surface area (Å²) in [7, 11) is 0. The molecule has 3 N–H and O–H groups in total. The Labute approximate surface area is 98.1 Å². The first-order valence-corrected chi connectivity index (χ1v) is 4.63. The largest absolute Gasteiger partial charge is 0.361 e. The summed E-state index contributed by atoms with van der Waals surface area (Å²) in [6, 6.07) is 3.65. The van der Waals surface area contributed by atoms with Gasteiger partial charge in [-0.25, -0.2) is 9.95 Å². The van der Waals surface area contributed by atoms with Gasteiger partial charge in [0.25, 0.3) is 0 Å². The fourth-order valence-corrected chi connectivity index (χ4v) is 1.44. The Kier molecular flexibility index (Phi) is 4.28. The molecule has 0 aromatic carbocycles. The normalized spacial score (nSPS) is 9.81. The lowest BCUT2D eigenvalue weighted by Crippen LogP contribution is -2.10. The van der Waals surface area contributed by atoms with Crippen LogP contribution >= 0.6 is 12.4 Å². The van der Waals surface area contributed by atoms with E-state index in [0.29, 0.717) is 24.2 Å². The van der Waals surface area contributed by atoms with E-state index in [-0.39, 0.29) is 18.0 Å². The highest BCUT2D eigenvalue weighted by Crippen LogP contribution is 2.17. The Morgan fingerprint density at radius 3 is 2.94 bits per heavy atom. The third-order valence-corrected chi connectivity index (χ3v) is 2.14. The molecule has 16 heavy (non-hydrogen) atoms. The molecule has 2 aromatic rings. The summed E-state index contributed by atoms with van der Waals surface area (Å²) >= 11 is 0. The van der Waals surface area contributed by atoms with Gasteiger partial charge in [0.1, 0.15) is 0 Å². The van der Waals surface area contributed by atoms with Crippen LogP contribution in [0.5, 0.6) is 0 Å². The molecule has 0 aliphatic carbocycles. The molecule has 0 fully saturated rings. The monoisotopic (exact) mass is 241 g/mol. The number of nitrogens with zero attached hydrogens (tertiary/aromatic N) is 1. The highest BCUT2D eigenvalue weighted by atomic mass is 35.5. The maximum atomic E-state index is 11.3. The van der Waals surface area contributed by atoms with Crippen LogP contribution < -0.4 is 11.4 Å². The van der Waals surface area contributed by atoms with Gasteiger partial charge in [-0.3, -0.25) is 4.98 Å². The second-order valence-corrected chi connectivity index (χ2v) is 3.13. The zero-order valence-corrected chi connectivity index (χ0v) is 9.29. The van der Waals surface area contributed by atoms with Gasteiger partial charge < -0.3 is 10.3 Å². The minimum Gasteiger partial charge on any atom is -0.338 e. The van der Waals surface area contributed by atoms with Gasteiger partial charge in [0, 0.05) is 18.0 Å². The lowest BCUT2D eigenvalue weighted by Gasteiger charge is -1.98. The smallest absolute Gasteiger partial charge is 0.338 e. The zero-order chi connectivity index (χ0) is 10.7. The Hall–Kier alpha value is -1.59. The number of hydrogen-bond acceptors (Lipinski definition) is 4. The van der Waals surface area contributed by atoms with Gasteiger partial charge in [0.15, 0.2) is 0 Å². The van der Waals surface area contributed by atoms with Crippen LogP contribution in [0.15, 0.2) is 33.8 Å². The number of aromatic nitrogens is 2. The van der Waals surface area contributed by atoms with Gasteiger partial charge in [0.05, 0.1) is 11.3 Å². The molecule has 0 unspecified atom stereocenters. The molecule has 0 aliphatic rings. The summed E-state index contributed by atoms with van der Waals surface area (Å²) in [5, 5.41) is 2.59. The first-order valence-electron chi connectivity index (χ1n) is 4.63. The Balaban J connectivity index is 0.00000128. The van der Waals surface area contributed by atoms with Gasteiger partial charge in [-0.2, -0.15) is 0 Å². The SMILES string of the molecule is Cl.NCCc1c(-c2cccnc2)[nH]oc1=O. The Morgan fingerprint density at radius 2 is 2.31 bits per heavy atom. The summed E-state index contributed by atoms with van der Waals surface area (Å²) in [6.07, 6.45) is 3.83. The van der Waals surface area contributed by atoms with E-state index < -0.39 is 0 Å². The van der Waals surface area contributed by atoms with Crippen LogP contribution in [0.2, 0.25) is 0 Å². The van der Waals surface area contributed by atoms with Gasteiger partial charge in [-0.15, -0.1) is 12.4 Å². The fraction of sp³-hybridized carbons (Fsp3) is 0.200. The molecule has 0 spiro atoms. The van der Waals surface area contributed by atoms with Crippen molar-refractivity contribution in [2.75, 3.05) is 6.54 Å². The van der Waals surface area contributed by atoms with E-state index in [9.17, 15) is 4.79 Å². The third kappa shape index (κ3) is 2.32. The third-order valence-electron chi connectivity index (χ3n) is 2.14. The summed E-state index contributed by atoms with van der Waals surface area (Å²) in [6.45, 7) is 0.413. The molecule has 2 rings (SSSR count). The second kappa shape index (κ2) is 5.48. The fourth-order valence-electron chi connectivity index (χ4n) is 1.44. The number of nitrogens with two attached hydrogens (primary N) is 1. The maximum Gasteiger partial charge on any atom is 0.361 e. The van der Waals surface area contributed by atoms with E-state index in [1.807, 2.05) is 6.07 Å². The van der Waals surface area contributed by atoms with Crippen molar-refractivity contribution < 1.29 is 4.52 Å². The number of H-pyrrole nitrogens is 1. The summed E-state index contributed by atoms with van der Waals surface area (Å²) in [5.74, 6) is 0. The highest BCUT2D eigenvalue weighted by molar-refractivity contribution is 5.85. The van der Waals surface area contributed by atoms with Crippen LogP contribution in [0.4, 0.5) is 0 Å². The van der Waals surface area contributed by atoms with Crippen LogP contribution in [-0.2, 0) is 6.42 Å². The molecule has 2 aromatic heterocycles. The average molecular weight is 242 g/mol. The molecule has 0 atom stereocenters. The van der Waals surface area contributed by atoms with Crippen molar-refractivity contribution in [2.24, 2.45) is 5.73 Å². The summed E-state index contributed by atoms with van der Waals surface area (Å²) < 4.78 is 4.74. The predicted octanol–water partition coefficient (Wildman–Crippen LogP) is 0.953. The van der Waals surface area contributed by atoms with E-state index in [2.05, 4.69) is 10.1 Å². The Bertz CT molecular complexity index is 492. The van der Waals surface area contributed by atoms with Crippen molar-refractivity contribution in [3.05, 3.63) is 40.5 Å². The molecule has 0 saturated carbocycles. The van der Waals surface area contributed by atoms with Crippen molar-refractivity contribution >= 4 is 12.4 Å². The van der Waals surface area contributed by atoms with Gasteiger partial charge in [-0.1, -0.05) is 0 Å². The molecule has 2 heterocycles. The molecule has 0 aliphatic heterocycles. The van der Waals surface area contributed by atoms with E-state index in [1.165, 1.54) is 0 Å². The van der Waals surface area contributed by atoms with Crippen LogP contribution in [0.3, 0.4) is 0 Å². The second-order valence-electron chi connectivity index (χ2n) is 3.13. The molecule has 5 nitrogen and oxygen atoms in total. The molecule has 86 valence electrons. The van der Waals surface area contributed by atoms with Crippen LogP contribution in [0.1, 0.15) is 5.56 Å². The van der Waals surface area contributed by atoms with E-state index in [0.717, 1.165) is 5.56 Å². The molecule has 0 amide bonds. The number of halogens is 1. The summed E-state index contributed by atoms with van der Waals surface area (Å²) in [4.78, 5) is 15.3. The van der Waals surface area contributed by atoms with Crippen LogP contribution in [0, 0.1) is 0 Å². The van der Waals surface area contributed by atoms with Gasteiger partial charge in [-0.05, 0) is 25.1 Å². The highest BCUT2D eigenvalue weighted by Gasteiger charge is 2.12. The molecule has 0 saturated heterocycles. The first-order chi connectivity index (χ1) is 7.33. The predicted molar refractivity (Wildman–Crippen MR) is 62.6 cm³/mol. The van der Waals surface area contributed by atoms with Crippen molar-refractivity contribution in [3.63, 3.8) is 0 Å². The summed E-state index contributed by atoms with van der Waals surface area (Å²) in [5.41, 5.74) is 7.13. The molecular formula is C10H12ClN3O2. The molecule has 0 bridgehead atoms. The van der Waals surface area contributed by atoms with Gasteiger partial charge in [0.2, 0.25) is 0 Å². The Morgan fingerprint density at radius 1 is 1.50 bits per heavy atom. The topological polar surface area (TPSA) is 84.9 Å². The minimum atomic E-state index is -0.362.